The molecule has 1 atom stereocenters. The number of hydrogen-bond acceptors (Lipinski definition) is 5. The standard InChI is InChI=1S/C20H24N2O4S/c1-12-9-16(13(2)22(12)15-6-7-15)18(24)11-26-20(25)10-17(21-14(3)23)19-5-4-8-27-19/h4-5,8-9,15,17H,6-7,10-11H2,1-3H3,(H,21,23). The molecule has 27 heavy (non-hydrogen) atoms. The molecule has 7 heteroatoms. The molecule has 1 unspecified atom stereocenters. The normalized spacial score (nSPS) is 14.6. The summed E-state index contributed by atoms with van der Waals surface area (Å²) in [6.07, 6.45) is 2.28. The Kier molecular flexibility index (Phi) is 5.79. The van der Waals surface area contributed by atoms with Crippen LogP contribution >= 0.6 is 11.3 Å². The molecule has 2 aromatic rings. The highest BCUT2D eigenvalue weighted by Crippen LogP contribution is 2.38. The average molecular weight is 388 g/mol. The van der Waals surface area contributed by atoms with E-state index in [0.29, 0.717) is 11.6 Å². The van der Waals surface area contributed by atoms with Crippen LogP contribution in [-0.4, -0.2) is 28.8 Å². The first-order valence-electron chi connectivity index (χ1n) is 9.04. The second-order valence-corrected chi connectivity index (χ2v) is 7.92. The van der Waals surface area contributed by atoms with Crippen molar-refractivity contribution >= 4 is 29.0 Å². The van der Waals surface area contributed by atoms with Gasteiger partial charge >= 0.3 is 5.97 Å². The number of nitrogens with one attached hydrogen (secondary N) is 1. The lowest BCUT2D eigenvalue weighted by molar-refractivity contribution is -0.143. The van der Waals surface area contributed by atoms with Crippen molar-refractivity contribution in [2.75, 3.05) is 6.61 Å². The molecule has 0 saturated heterocycles. The number of amides is 1. The van der Waals surface area contributed by atoms with Crippen LogP contribution in [0.3, 0.4) is 0 Å². The van der Waals surface area contributed by atoms with Crippen molar-refractivity contribution in [3.63, 3.8) is 0 Å². The van der Waals surface area contributed by atoms with Gasteiger partial charge in [-0.25, -0.2) is 0 Å². The lowest BCUT2D eigenvalue weighted by atomic mass is 10.1. The SMILES string of the molecule is CC(=O)NC(CC(=O)OCC(=O)c1cc(C)n(C2CC2)c1C)c1cccs1. The minimum Gasteiger partial charge on any atom is -0.457 e. The smallest absolute Gasteiger partial charge is 0.308 e. The zero-order valence-corrected chi connectivity index (χ0v) is 16.6. The minimum absolute atomic E-state index is 0.00549. The van der Waals surface area contributed by atoms with Crippen LogP contribution in [0.15, 0.2) is 23.6 Å². The Bertz CT molecular complexity index is 850. The quantitative estimate of drug-likeness (QED) is 0.555. The Morgan fingerprint density at radius 2 is 2.07 bits per heavy atom. The van der Waals surface area contributed by atoms with E-state index in [2.05, 4.69) is 9.88 Å². The Morgan fingerprint density at radius 3 is 2.67 bits per heavy atom. The van der Waals surface area contributed by atoms with E-state index in [1.54, 1.807) is 0 Å². The van der Waals surface area contributed by atoms with Crippen LogP contribution in [0, 0.1) is 13.8 Å². The number of esters is 1. The van der Waals surface area contributed by atoms with Crippen LogP contribution < -0.4 is 5.32 Å². The number of rotatable bonds is 8. The van der Waals surface area contributed by atoms with Crippen LogP contribution in [0.2, 0.25) is 0 Å². The molecule has 0 radical (unpaired) electrons. The Hall–Kier alpha value is -2.41. The monoisotopic (exact) mass is 388 g/mol. The molecule has 1 fully saturated rings. The fourth-order valence-corrected chi connectivity index (χ4v) is 4.14. The molecule has 6 nitrogen and oxygen atoms in total. The summed E-state index contributed by atoms with van der Waals surface area (Å²) in [5, 5.41) is 4.64. The molecule has 3 rings (SSSR count). The van der Waals surface area contributed by atoms with E-state index in [0.717, 1.165) is 29.1 Å². The maximum Gasteiger partial charge on any atom is 0.308 e. The highest BCUT2D eigenvalue weighted by molar-refractivity contribution is 7.10. The number of nitrogens with zero attached hydrogens (tertiary/aromatic N) is 1. The number of thiophene rings is 1. The van der Waals surface area contributed by atoms with Gasteiger partial charge in [0.25, 0.3) is 0 Å². The first kappa shape index (κ1) is 19.4. The average Bonchev–Trinajstić information content (AvgIpc) is 3.17. The number of aromatic nitrogens is 1. The molecule has 0 aromatic carbocycles. The summed E-state index contributed by atoms with van der Waals surface area (Å²) in [5.74, 6) is -0.924. The van der Waals surface area contributed by atoms with Gasteiger partial charge in [-0.3, -0.25) is 14.4 Å². The van der Waals surface area contributed by atoms with Crippen LogP contribution in [0.4, 0.5) is 0 Å². The van der Waals surface area contributed by atoms with Gasteiger partial charge < -0.3 is 14.6 Å². The van der Waals surface area contributed by atoms with Crippen molar-refractivity contribution in [2.45, 2.75) is 52.1 Å². The topological polar surface area (TPSA) is 77.4 Å². The number of ether oxygens (including phenoxy) is 1. The first-order valence-corrected chi connectivity index (χ1v) is 9.92. The molecular weight excluding hydrogens is 364 g/mol. The Balaban J connectivity index is 1.59. The van der Waals surface area contributed by atoms with E-state index in [9.17, 15) is 14.4 Å². The van der Waals surface area contributed by atoms with Crippen LogP contribution in [0.5, 0.6) is 0 Å². The largest absolute Gasteiger partial charge is 0.457 e. The number of Topliss-reactive ketones (excluding diaryl/α,β-unsaturated/α-hetero) is 1. The first-order chi connectivity index (χ1) is 12.9. The number of aryl methyl sites for hydroxylation is 1. The number of carbonyl (C=O) groups is 3. The van der Waals surface area contributed by atoms with Gasteiger partial charge in [0.2, 0.25) is 11.7 Å². The summed E-state index contributed by atoms with van der Waals surface area (Å²) in [4.78, 5) is 37.0. The second-order valence-electron chi connectivity index (χ2n) is 6.94. The van der Waals surface area contributed by atoms with E-state index < -0.39 is 12.0 Å². The van der Waals surface area contributed by atoms with Gasteiger partial charge in [0, 0.05) is 34.8 Å². The fraction of sp³-hybridized carbons (Fsp3) is 0.450. The van der Waals surface area contributed by atoms with Crippen molar-refractivity contribution in [3.8, 4) is 0 Å². The molecule has 1 saturated carbocycles. The molecule has 0 aliphatic heterocycles. The van der Waals surface area contributed by atoms with E-state index in [-0.39, 0.29) is 24.7 Å². The number of hydrogen-bond donors (Lipinski definition) is 1. The second kappa shape index (κ2) is 8.08. The molecule has 0 bridgehead atoms. The van der Waals surface area contributed by atoms with Gasteiger partial charge in [-0.15, -0.1) is 11.3 Å². The van der Waals surface area contributed by atoms with E-state index >= 15 is 0 Å². The molecule has 2 heterocycles. The molecule has 2 aromatic heterocycles. The lowest BCUT2D eigenvalue weighted by Crippen LogP contribution is -2.28. The van der Waals surface area contributed by atoms with E-state index in [4.69, 9.17) is 4.74 Å². The van der Waals surface area contributed by atoms with E-state index in [1.807, 2.05) is 37.4 Å². The number of ketones is 1. The van der Waals surface area contributed by atoms with Gasteiger partial charge in [-0.05, 0) is 44.2 Å². The van der Waals surface area contributed by atoms with Gasteiger partial charge in [0.15, 0.2) is 6.61 Å². The molecule has 1 aliphatic carbocycles. The third-order valence-corrected chi connectivity index (χ3v) is 5.68. The maximum atomic E-state index is 12.5. The van der Waals surface area contributed by atoms with Crippen molar-refractivity contribution in [3.05, 3.63) is 45.4 Å². The van der Waals surface area contributed by atoms with Crippen LogP contribution in [0.1, 0.15) is 64.9 Å². The zero-order chi connectivity index (χ0) is 19.6. The van der Waals surface area contributed by atoms with Crippen molar-refractivity contribution in [1.29, 1.82) is 0 Å². The van der Waals surface area contributed by atoms with Crippen molar-refractivity contribution in [2.24, 2.45) is 0 Å². The number of carbonyl (C=O) groups excluding carboxylic acids is 3. The highest BCUT2D eigenvalue weighted by atomic mass is 32.1. The van der Waals surface area contributed by atoms with Crippen molar-refractivity contribution in [1.82, 2.24) is 9.88 Å². The predicted molar refractivity (Wildman–Crippen MR) is 103 cm³/mol. The Labute approximate surface area is 162 Å². The maximum absolute atomic E-state index is 12.5. The van der Waals surface area contributed by atoms with Crippen LogP contribution in [0.25, 0.3) is 0 Å². The highest BCUT2D eigenvalue weighted by Gasteiger charge is 2.28. The van der Waals surface area contributed by atoms with E-state index in [1.165, 1.54) is 18.3 Å². The summed E-state index contributed by atoms with van der Waals surface area (Å²) in [7, 11) is 0. The van der Waals surface area contributed by atoms with Gasteiger partial charge in [-0.1, -0.05) is 6.07 Å². The molecule has 144 valence electrons. The van der Waals surface area contributed by atoms with Crippen LogP contribution in [-0.2, 0) is 14.3 Å². The lowest BCUT2D eigenvalue weighted by Gasteiger charge is -2.15. The molecule has 1 amide bonds. The zero-order valence-electron chi connectivity index (χ0n) is 15.8. The fourth-order valence-electron chi connectivity index (χ4n) is 3.36. The molecule has 1 aliphatic rings. The summed E-state index contributed by atoms with van der Waals surface area (Å²) in [6, 6.07) is 5.65. The van der Waals surface area contributed by atoms with Gasteiger partial charge in [-0.2, -0.15) is 0 Å². The van der Waals surface area contributed by atoms with Crippen molar-refractivity contribution < 1.29 is 19.1 Å². The summed E-state index contributed by atoms with van der Waals surface area (Å²) >= 11 is 1.46. The summed E-state index contributed by atoms with van der Waals surface area (Å²) < 4.78 is 7.40. The summed E-state index contributed by atoms with van der Waals surface area (Å²) in [6.45, 7) is 5.05. The van der Waals surface area contributed by atoms with Gasteiger partial charge in [0.05, 0.1) is 12.5 Å². The van der Waals surface area contributed by atoms with Gasteiger partial charge in [0.1, 0.15) is 0 Å². The molecular formula is C20H24N2O4S. The predicted octanol–water partition coefficient (Wildman–Crippen LogP) is 3.49. The summed E-state index contributed by atoms with van der Waals surface area (Å²) in [5.41, 5.74) is 2.61. The Morgan fingerprint density at radius 1 is 1.33 bits per heavy atom. The minimum atomic E-state index is -0.508. The molecule has 1 N–H and O–H groups in total. The third-order valence-electron chi connectivity index (χ3n) is 4.70. The molecule has 0 spiro atoms. The third kappa shape index (κ3) is 4.66.